The van der Waals surface area contributed by atoms with Crippen LogP contribution < -0.4 is 5.32 Å². The van der Waals surface area contributed by atoms with Crippen molar-refractivity contribution in [1.82, 2.24) is 4.98 Å². The van der Waals surface area contributed by atoms with Crippen molar-refractivity contribution in [2.45, 2.75) is 20.3 Å². The van der Waals surface area contributed by atoms with Crippen molar-refractivity contribution in [3.8, 4) is 10.6 Å². The van der Waals surface area contributed by atoms with Crippen molar-refractivity contribution in [2.24, 2.45) is 0 Å². The van der Waals surface area contributed by atoms with E-state index >= 15 is 0 Å². The van der Waals surface area contributed by atoms with E-state index in [-0.39, 0.29) is 5.69 Å². The molecule has 0 aliphatic heterocycles. The number of amides is 1. The summed E-state index contributed by atoms with van der Waals surface area (Å²) in [6.07, 6.45) is 0.948. The average Bonchev–Trinajstić information content (AvgIpc) is 3.00. The third-order valence-electron chi connectivity index (χ3n) is 3.79. The highest BCUT2D eigenvalue weighted by Gasteiger charge is 2.18. The molecule has 0 saturated heterocycles. The summed E-state index contributed by atoms with van der Waals surface area (Å²) in [6, 6.07) is 10.9. The lowest BCUT2D eigenvalue weighted by Crippen LogP contribution is -2.12. The Bertz CT molecular complexity index is 920. The summed E-state index contributed by atoms with van der Waals surface area (Å²) in [6.45, 7) is 3.80. The van der Waals surface area contributed by atoms with Crippen LogP contribution in [0.15, 0.2) is 42.5 Å². The lowest BCUT2D eigenvalue weighted by Gasteiger charge is -2.05. The number of aromatic nitrogens is 1. The van der Waals surface area contributed by atoms with Crippen molar-refractivity contribution >= 4 is 22.9 Å². The van der Waals surface area contributed by atoms with Crippen LogP contribution in [-0.2, 0) is 6.42 Å². The zero-order valence-electron chi connectivity index (χ0n) is 13.8. The predicted molar refractivity (Wildman–Crippen MR) is 96.0 cm³/mol. The van der Waals surface area contributed by atoms with Crippen LogP contribution in [0.1, 0.15) is 27.9 Å². The number of anilines is 1. The second-order valence-corrected chi connectivity index (χ2v) is 6.56. The Kier molecular flexibility index (Phi) is 4.90. The summed E-state index contributed by atoms with van der Waals surface area (Å²) in [5.74, 6) is -1.81. The summed E-state index contributed by atoms with van der Waals surface area (Å²) >= 11 is 1.22. The molecule has 0 spiro atoms. The maximum absolute atomic E-state index is 13.7. The minimum Gasteiger partial charge on any atom is -0.319 e. The average molecular weight is 358 g/mol. The minimum atomic E-state index is -0.688. The fraction of sp³-hybridized carbons (Fsp3) is 0.158. The quantitative estimate of drug-likeness (QED) is 0.695. The number of aryl methyl sites for hydroxylation is 2. The Labute approximate surface area is 148 Å². The highest BCUT2D eigenvalue weighted by Crippen LogP contribution is 2.29. The third-order valence-corrected chi connectivity index (χ3v) is 4.99. The molecule has 3 rings (SSSR count). The molecule has 0 radical (unpaired) electrons. The summed E-state index contributed by atoms with van der Waals surface area (Å²) in [5.41, 5.74) is 2.50. The molecule has 0 fully saturated rings. The van der Waals surface area contributed by atoms with Gasteiger partial charge in [0.25, 0.3) is 5.91 Å². The van der Waals surface area contributed by atoms with E-state index in [9.17, 15) is 13.6 Å². The van der Waals surface area contributed by atoms with Crippen LogP contribution in [0.2, 0.25) is 0 Å². The normalized spacial score (nSPS) is 10.7. The van der Waals surface area contributed by atoms with E-state index < -0.39 is 17.5 Å². The van der Waals surface area contributed by atoms with E-state index in [1.165, 1.54) is 16.9 Å². The molecule has 3 nitrogen and oxygen atoms in total. The standard InChI is InChI=1S/C19H16F2N2OS/c1-3-12-4-6-13(7-5-12)19-22-11(2)17(25-19)18(24)23-16-10-14(20)8-9-15(16)21/h4-10H,3H2,1-2H3,(H,23,24). The topological polar surface area (TPSA) is 42.0 Å². The molecule has 2 aromatic carbocycles. The van der Waals surface area contributed by atoms with Crippen LogP contribution in [0, 0.1) is 18.6 Å². The van der Waals surface area contributed by atoms with Crippen LogP contribution in [0.3, 0.4) is 0 Å². The van der Waals surface area contributed by atoms with Gasteiger partial charge in [-0.05, 0) is 31.0 Å². The highest BCUT2D eigenvalue weighted by molar-refractivity contribution is 7.17. The number of nitrogens with one attached hydrogen (secondary N) is 1. The molecule has 0 aliphatic carbocycles. The predicted octanol–water partition coefficient (Wildman–Crippen LogP) is 5.21. The minimum absolute atomic E-state index is 0.188. The Hall–Kier alpha value is -2.60. The SMILES string of the molecule is CCc1ccc(-c2nc(C)c(C(=O)Nc3cc(F)ccc3F)s2)cc1. The van der Waals surface area contributed by atoms with Gasteiger partial charge in [-0.3, -0.25) is 4.79 Å². The molecule has 1 N–H and O–H groups in total. The van der Waals surface area contributed by atoms with E-state index in [2.05, 4.69) is 17.2 Å². The molecule has 6 heteroatoms. The monoisotopic (exact) mass is 358 g/mol. The Balaban J connectivity index is 1.86. The summed E-state index contributed by atoms with van der Waals surface area (Å²) in [7, 11) is 0. The summed E-state index contributed by atoms with van der Waals surface area (Å²) < 4.78 is 26.9. The highest BCUT2D eigenvalue weighted by atomic mass is 32.1. The van der Waals surface area contributed by atoms with Gasteiger partial charge < -0.3 is 5.32 Å². The van der Waals surface area contributed by atoms with Crippen LogP contribution in [-0.4, -0.2) is 10.9 Å². The molecular weight excluding hydrogens is 342 g/mol. The smallest absolute Gasteiger partial charge is 0.267 e. The van der Waals surface area contributed by atoms with Crippen molar-refractivity contribution in [3.63, 3.8) is 0 Å². The van der Waals surface area contributed by atoms with Gasteiger partial charge in [-0.25, -0.2) is 13.8 Å². The van der Waals surface area contributed by atoms with Crippen molar-refractivity contribution < 1.29 is 13.6 Å². The number of halogens is 2. The van der Waals surface area contributed by atoms with Gasteiger partial charge in [0.1, 0.15) is 21.5 Å². The van der Waals surface area contributed by atoms with Crippen LogP contribution in [0.25, 0.3) is 10.6 Å². The molecular formula is C19H16F2N2OS. The maximum Gasteiger partial charge on any atom is 0.267 e. The first-order chi connectivity index (χ1) is 12.0. The van der Waals surface area contributed by atoms with E-state index in [1.54, 1.807) is 6.92 Å². The number of carbonyl (C=O) groups excluding carboxylic acids is 1. The largest absolute Gasteiger partial charge is 0.319 e. The fourth-order valence-electron chi connectivity index (χ4n) is 2.39. The number of hydrogen-bond donors (Lipinski definition) is 1. The number of thiazole rings is 1. The Morgan fingerprint density at radius 2 is 1.88 bits per heavy atom. The fourth-order valence-corrected chi connectivity index (χ4v) is 3.35. The van der Waals surface area contributed by atoms with Crippen LogP contribution >= 0.6 is 11.3 Å². The molecule has 1 aromatic heterocycles. The lowest BCUT2D eigenvalue weighted by molar-refractivity contribution is 0.102. The van der Waals surface area contributed by atoms with Gasteiger partial charge in [-0.1, -0.05) is 31.2 Å². The first-order valence-electron chi connectivity index (χ1n) is 7.81. The van der Waals surface area contributed by atoms with E-state index in [0.29, 0.717) is 15.6 Å². The molecule has 128 valence electrons. The molecule has 0 saturated carbocycles. The van der Waals surface area contributed by atoms with Gasteiger partial charge in [0.15, 0.2) is 0 Å². The molecule has 0 unspecified atom stereocenters. The number of hydrogen-bond acceptors (Lipinski definition) is 3. The lowest BCUT2D eigenvalue weighted by atomic mass is 10.1. The maximum atomic E-state index is 13.7. The van der Waals surface area contributed by atoms with Gasteiger partial charge in [0, 0.05) is 11.6 Å². The van der Waals surface area contributed by atoms with Gasteiger partial charge in [0.2, 0.25) is 0 Å². The Morgan fingerprint density at radius 3 is 2.56 bits per heavy atom. The van der Waals surface area contributed by atoms with Gasteiger partial charge >= 0.3 is 0 Å². The number of carbonyl (C=O) groups is 1. The van der Waals surface area contributed by atoms with E-state index in [0.717, 1.165) is 30.2 Å². The van der Waals surface area contributed by atoms with Crippen LogP contribution in [0.5, 0.6) is 0 Å². The molecule has 0 atom stereocenters. The third kappa shape index (κ3) is 3.74. The first kappa shape index (κ1) is 17.2. The van der Waals surface area contributed by atoms with E-state index in [4.69, 9.17) is 0 Å². The molecule has 1 heterocycles. The first-order valence-corrected chi connectivity index (χ1v) is 8.62. The summed E-state index contributed by atoms with van der Waals surface area (Å²) in [5, 5.41) is 3.12. The molecule has 25 heavy (non-hydrogen) atoms. The Morgan fingerprint density at radius 1 is 1.16 bits per heavy atom. The van der Waals surface area contributed by atoms with Crippen molar-refractivity contribution in [2.75, 3.05) is 5.32 Å². The van der Waals surface area contributed by atoms with Crippen molar-refractivity contribution in [3.05, 3.63) is 70.2 Å². The second-order valence-electron chi connectivity index (χ2n) is 5.56. The van der Waals surface area contributed by atoms with E-state index in [1.807, 2.05) is 24.3 Å². The van der Waals surface area contributed by atoms with Gasteiger partial charge in [0.05, 0.1) is 11.4 Å². The zero-order valence-corrected chi connectivity index (χ0v) is 14.6. The summed E-state index contributed by atoms with van der Waals surface area (Å²) in [4.78, 5) is 17.2. The molecule has 0 bridgehead atoms. The second kappa shape index (κ2) is 7.11. The number of rotatable bonds is 4. The molecule has 0 aliphatic rings. The van der Waals surface area contributed by atoms with Gasteiger partial charge in [-0.2, -0.15) is 0 Å². The van der Waals surface area contributed by atoms with Crippen molar-refractivity contribution in [1.29, 1.82) is 0 Å². The zero-order chi connectivity index (χ0) is 18.0. The number of benzene rings is 2. The van der Waals surface area contributed by atoms with Gasteiger partial charge in [-0.15, -0.1) is 11.3 Å². The number of nitrogens with zero attached hydrogens (tertiary/aromatic N) is 1. The van der Waals surface area contributed by atoms with Crippen LogP contribution in [0.4, 0.5) is 14.5 Å². The molecule has 1 amide bonds. The molecule has 3 aromatic rings.